The van der Waals surface area contributed by atoms with Crippen LogP contribution < -0.4 is 0 Å². The average Bonchev–Trinajstić information content (AvgIpc) is 2.40. The average molecular weight is 235 g/mol. The predicted molar refractivity (Wildman–Crippen MR) is 63.6 cm³/mol. The summed E-state index contributed by atoms with van der Waals surface area (Å²) in [5.74, 6) is 0.0545. The van der Waals surface area contributed by atoms with Gasteiger partial charge in [-0.1, -0.05) is 12.1 Å². The van der Waals surface area contributed by atoms with Crippen molar-refractivity contribution in [3.63, 3.8) is 0 Å². The lowest BCUT2D eigenvalue weighted by Crippen LogP contribution is -2.49. The summed E-state index contributed by atoms with van der Waals surface area (Å²) < 4.78 is 12.2. The number of hydrogen-bond acceptors (Lipinski definition) is 2. The maximum absolute atomic E-state index is 12.2. The molecule has 1 amide bonds. The Hall–Kier alpha value is -1.42. The fourth-order valence-corrected chi connectivity index (χ4v) is 2.01. The van der Waals surface area contributed by atoms with Crippen LogP contribution >= 0.6 is 0 Å². The Labute approximate surface area is 101 Å². The van der Waals surface area contributed by atoms with Crippen LogP contribution in [-0.2, 0) is 0 Å². The minimum Gasteiger partial charge on any atom is -0.336 e. The van der Waals surface area contributed by atoms with Crippen LogP contribution in [0.4, 0.5) is 4.39 Å². The molecular weight excluding hydrogens is 219 g/mol. The van der Waals surface area contributed by atoms with Crippen LogP contribution in [0.25, 0.3) is 0 Å². The quantitative estimate of drug-likeness (QED) is 0.786. The first-order valence-corrected chi connectivity index (χ1v) is 5.85. The van der Waals surface area contributed by atoms with E-state index in [-0.39, 0.29) is 12.6 Å². The summed E-state index contributed by atoms with van der Waals surface area (Å²) in [6.45, 7) is 3.03. The molecule has 91 valence electrons. The third-order valence-electron chi connectivity index (χ3n) is 3.03. The molecule has 17 heavy (non-hydrogen) atoms. The van der Waals surface area contributed by atoms with Crippen molar-refractivity contribution < 1.29 is 9.18 Å². The minimum absolute atomic E-state index is 0.0545. The third-order valence-corrected chi connectivity index (χ3v) is 3.03. The van der Waals surface area contributed by atoms with Crippen LogP contribution in [0.3, 0.4) is 0 Å². The van der Waals surface area contributed by atoms with Crippen LogP contribution in [0.1, 0.15) is 10.4 Å². The van der Waals surface area contributed by atoms with E-state index in [4.69, 9.17) is 0 Å². The van der Waals surface area contributed by atoms with E-state index < -0.39 is 0 Å². The lowest BCUT2D eigenvalue weighted by Gasteiger charge is -2.34. The topological polar surface area (TPSA) is 23.6 Å². The molecule has 0 spiro atoms. The summed E-state index contributed by atoms with van der Waals surface area (Å²) in [5, 5.41) is 0. The molecule has 0 bridgehead atoms. The number of amides is 1. The molecule has 0 aliphatic carbocycles. The van der Waals surface area contributed by atoms with Gasteiger partial charge in [0, 0.05) is 38.3 Å². The lowest BCUT2D eigenvalue weighted by atomic mass is 10.2. The van der Waals surface area contributed by atoms with Crippen LogP contribution in [0.15, 0.2) is 24.3 Å². The second-order valence-electron chi connectivity index (χ2n) is 4.11. The van der Waals surface area contributed by atoms with E-state index in [0.717, 1.165) is 13.1 Å². The van der Waals surface area contributed by atoms with Gasteiger partial charge in [0.1, 0.15) is 6.67 Å². The predicted octanol–water partition coefficient (Wildman–Crippen LogP) is 1.21. The van der Waals surface area contributed by atoms with Gasteiger partial charge in [0.15, 0.2) is 0 Å². The molecule has 1 fully saturated rings. The molecule has 3 nitrogen and oxygen atoms in total. The van der Waals surface area contributed by atoms with Crippen molar-refractivity contribution in [3.05, 3.63) is 35.9 Å². The Bertz CT molecular complexity index is 361. The zero-order valence-corrected chi connectivity index (χ0v) is 9.73. The van der Waals surface area contributed by atoms with Crippen molar-refractivity contribution in [3.8, 4) is 0 Å². The zero-order chi connectivity index (χ0) is 12.1. The smallest absolute Gasteiger partial charge is 0.253 e. The van der Waals surface area contributed by atoms with Gasteiger partial charge in [0.05, 0.1) is 0 Å². The molecule has 1 aromatic rings. The molecule has 1 aliphatic heterocycles. The molecule has 4 heteroatoms. The van der Waals surface area contributed by atoms with Gasteiger partial charge in [-0.15, -0.1) is 0 Å². The van der Waals surface area contributed by atoms with Gasteiger partial charge in [-0.3, -0.25) is 9.69 Å². The third kappa shape index (κ3) is 3.03. The zero-order valence-electron chi connectivity index (χ0n) is 9.73. The lowest BCUT2D eigenvalue weighted by molar-refractivity contribution is 0.0630. The van der Waals surface area contributed by atoms with E-state index >= 15 is 0 Å². The van der Waals surface area contributed by atoms with Crippen molar-refractivity contribution in [1.29, 1.82) is 0 Å². The van der Waals surface area contributed by atoms with E-state index in [2.05, 4.69) is 6.07 Å². The standard InChI is InChI=1S/C13H16FN2O/c14-6-7-15-8-10-16(11-9-15)13(17)12-4-2-1-3-5-12/h2-5H,6-11H2. The second kappa shape index (κ2) is 5.77. The van der Waals surface area contributed by atoms with Crippen LogP contribution in [0, 0.1) is 6.07 Å². The first kappa shape index (κ1) is 12.0. The summed E-state index contributed by atoms with van der Waals surface area (Å²) >= 11 is 0. The minimum atomic E-state index is -0.317. The molecule has 0 N–H and O–H groups in total. The van der Waals surface area contributed by atoms with Crippen LogP contribution in [-0.4, -0.2) is 55.1 Å². The molecule has 1 radical (unpaired) electrons. The van der Waals surface area contributed by atoms with Crippen molar-refractivity contribution in [2.24, 2.45) is 0 Å². The number of alkyl halides is 1. The monoisotopic (exact) mass is 235 g/mol. The molecule has 1 aromatic carbocycles. The van der Waals surface area contributed by atoms with Crippen molar-refractivity contribution >= 4 is 5.91 Å². The fraction of sp³-hybridized carbons (Fsp3) is 0.462. The number of carbonyl (C=O) groups excluding carboxylic acids is 1. The number of carbonyl (C=O) groups is 1. The fourth-order valence-electron chi connectivity index (χ4n) is 2.01. The van der Waals surface area contributed by atoms with Gasteiger partial charge in [0.25, 0.3) is 5.91 Å². The largest absolute Gasteiger partial charge is 0.336 e. The highest BCUT2D eigenvalue weighted by molar-refractivity contribution is 5.94. The number of piperazine rings is 1. The number of rotatable bonds is 3. The molecule has 1 saturated heterocycles. The van der Waals surface area contributed by atoms with Crippen molar-refractivity contribution in [2.75, 3.05) is 39.4 Å². The molecule has 1 aliphatic rings. The van der Waals surface area contributed by atoms with Gasteiger partial charge in [0.2, 0.25) is 0 Å². The molecular formula is C13H16FN2O. The summed E-state index contributed by atoms with van der Waals surface area (Å²) in [6, 6.07) is 9.93. The Morgan fingerprint density at radius 2 is 1.88 bits per heavy atom. The van der Waals surface area contributed by atoms with Gasteiger partial charge >= 0.3 is 0 Å². The second-order valence-corrected chi connectivity index (χ2v) is 4.11. The summed E-state index contributed by atoms with van der Waals surface area (Å²) in [7, 11) is 0. The van der Waals surface area contributed by atoms with Crippen molar-refractivity contribution in [2.45, 2.75) is 0 Å². The first-order chi connectivity index (χ1) is 8.31. The first-order valence-electron chi connectivity index (χ1n) is 5.85. The van der Waals surface area contributed by atoms with Gasteiger partial charge in [-0.25, -0.2) is 4.39 Å². The number of hydrogen-bond donors (Lipinski definition) is 0. The summed E-state index contributed by atoms with van der Waals surface area (Å²) in [5.41, 5.74) is 0.697. The van der Waals surface area contributed by atoms with Crippen molar-refractivity contribution in [1.82, 2.24) is 9.80 Å². The maximum atomic E-state index is 12.2. The van der Waals surface area contributed by atoms with E-state index in [1.807, 2.05) is 9.80 Å². The number of benzene rings is 1. The molecule has 0 atom stereocenters. The Morgan fingerprint density at radius 1 is 1.24 bits per heavy atom. The van der Waals surface area contributed by atoms with Crippen LogP contribution in [0.2, 0.25) is 0 Å². The van der Waals surface area contributed by atoms with E-state index in [9.17, 15) is 9.18 Å². The molecule has 2 rings (SSSR count). The van der Waals surface area contributed by atoms with E-state index in [0.29, 0.717) is 25.2 Å². The number of halogens is 1. The number of nitrogens with zero attached hydrogens (tertiary/aromatic N) is 2. The highest BCUT2D eigenvalue weighted by atomic mass is 19.1. The molecule has 1 heterocycles. The SMILES string of the molecule is O=C(c1cc[c]cc1)N1CCN(CCF)CC1. The van der Waals surface area contributed by atoms with Crippen LogP contribution in [0.5, 0.6) is 0 Å². The van der Waals surface area contributed by atoms with E-state index in [1.165, 1.54) is 0 Å². The van der Waals surface area contributed by atoms with Gasteiger partial charge in [-0.05, 0) is 18.2 Å². The highest BCUT2D eigenvalue weighted by Crippen LogP contribution is 2.08. The van der Waals surface area contributed by atoms with E-state index in [1.54, 1.807) is 24.3 Å². The Morgan fingerprint density at radius 3 is 2.47 bits per heavy atom. The molecule has 0 unspecified atom stereocenters. The normalized spacial score (nSPS) is 17.1. The summed E-state index contributed by atoms with van der Waals surface area (Å²) in [6.07, 6.45) is 0. The molecule has 0 aromatic heterocycles. The Balaban J connectivity index is 1.91. The van der Waals surface area contributed by atoms with Gasteiger partial charge in [-0.2, -0.15) is 0 Å². The highest BCUT2D eigenvalue weighted by Gasteiger charge is 2.21. The molecule has 0 saturated carbocycles. The maximum Gasteiger partial charge on any atom is 0.253 e. The Kier molecular flexibility index (Phi) is 4.09. The summed E-state index contributed by atoms with van der Waals surface area (Å²) in [4.78, 5) is 16.0. The van der Waals surface area contributed by atoms with Gasteiger partial charge < -0.3 is 4.90 Å².